The number of hydrogen-bond acceptors (Lipinski definition) is 3. The van der Waals surface area contributed by atoms with Crippen molar-refractivity contribution in [3.05, 3.63) is 35.4 Å². The van der Waals surface area contributed by atoms with Gasteiger partial charge in [-0.3, -0.25) is 24.8 Å². The van der Waals surface area contributed by atoms with E-state index in [0.29, 0.717) is 17.4 Å². The number of hydrazine groups is 1. The van der Waals surface area contributed by atoms with Crippen LogP contribution in [0.25, 0.3) is 0 Å². The van der Waals surface area contributed by atoms with Crippen LogP contribution in [0.2, 0.25) is 0 Å². The summed E-state index contributed by atoms with van der Waals surface area (Å²) in [5, 5.41) is 1.15. The van der Waals surface area contributed by atoms with E-state index in [1.165, 1.54) is 7.05 Å². The first-order valence-corrected chi connectivity index (χ1v) is 4.76. The molecule has 5 nitrogen and oxygen atoms in total. The van der Waals surface area contributed by atoms with Gasteiger partial charge in [0.25, 0.3) is 11.8 Å². The first kappa shape index (κ1) is 10.4. The Morgan fingerprint density at radius 1 is 1.38 bits per heavy atom. The summed E-state index contributed by atoms with van der Waals surface area (Å²) in [6.45, 7) is 0. The molecule has 1 unspecified atom stereocenters. The Kier molecular flexibility index (Phi) is 2.44. The van der Waals surface area contributed by atoms with E-state index in [1.807, 2.05) is 0 Å². The molecular weight excluding hydrogens is 208 g/mol. The molecule has 1 saturated heterocycles. The Morgan fingerprint density at radius 2 is 2.12 bits per heavy atom. The maximum atomic E-state index is 11.7. The predicted molar refractivity (Wildman–Crippen MR) is 55.5 cm³/mol. The van der Waals surface area contributed by atoms with Crippen LogP contribution < -0.4 is 5.43 Å². The van der Waals surface area contributed by atoms with E-state index in [0.717, 1.165) is 5.01 Å². The molecule has 0 bridgehead atoms. The fraction of sp³-hybridized carbons (Fsp3) is 0.182. The van der Waals surface area contributed by atoms with Gasteiger partial charge in [-0.1, -0.05) is 18.2 Å². The van der Waals surface area contributed by atoms with Crippen LogP contribution in [0.15, 0.2) is 24.3 Å². The second-order valence-corrected chi connectivity index (χ2v) is 3.59. The first-order chi connectivity index (χ1) is 7.63. The van der Waals surface area contributed by atoms with Crippen molar-refractivity contribution in [1.82, 2.24) is 10.4 Å². The monoisotopic (exact) mass is 218 g/mol. The molecule has 1 aliphatic heterocycles. The molecular formula is C11H10N2O3. The molecule has 0 radical (unpaired) electrons. The van der Waals surface area contributed by atoms with Gasteiger partial charge in [0.2, 0.25) is 0 Å². The van der Waals surface area contributed by atoms with Gasteiger partial charge >= 0.3 is 0 Å². The Labute approximate surface area is 92.0 Å². The molecule has 0 saturated carbocycles. The van der Waals surface area contributed by atoms with Gasteiger partial charge < -0.3 is 0 Å². The van der Waals surface area contributed by atoms with Crippen molar-refractivity contribution in [3.8, 4) is 0 Å². The summed E-state index contributed by atoms with van der Waals surface area (Å²) in [7, 11) is 1.49. The largest absolute Gasteiger partial charge is 0.298 e. The number of likely N-dealkylation sites (N-methyl/N-ethyl adjacent to an activating group) is 1. The van der Waals surface area contributed by atoms with Gasteiger partial charge in [0.15, 0.2) is 0 Å². The molecule has 2 rings (SSSR count). The zero-order chi connectivity index (χ0) is 11.7. The van der Waals surface area contributed by atoms with Crippen LogP contribution in [0.5, 0.6) is 0 Å². The smallest absolute Gasteiger partial charge is 0.257 e. The van der Waals surface area contributed by atoms with Crippen LogP contribution in [0, 0.1) is 0 Å². The summed E-state index contributed by atoms with van der Waals surface area (Å²) in [4.78, 5) is 33.8. The minimum absolute atomic E-state index is 0.312. The number of amides is 2. The molecule has 1 fully saturated rings. The Bertz CT molecular complexity index is 470. The van der Waals surface area contributed by atoms with E-state index in [-0.39, 0.29) is 11.8 Å². The number of carbonyl (C=O) groups is 3. The van der Waals surface area contributed by atoms with Crippen molar-refractivity contribution < 1.29 is 14.4 Å². The summed E-state index contributed by atoms with van der Waals surface area (Å²) in [6, 6.07) is 6.48. The number of hydrogen-bond donors (Lipinski definition) is 1. The molecule has 5 heteroatoms. The van der Waals surface area contributed by atoms with Gasteiger partial charge in [0.05, 0.1) is 0 Å². The van der Waals surface area contributed by atoms with Crippen LogP contribution in [0.4, 0.5) is 0 Å². The highest BCUT2D eigenvalue weighted by Gasteiger charge is 2.38. The number of nitrogens with one attached hydrogen (secondary N) is 1. The predicted octanol–water partition coefficient (Wildman–Crippen LogP) is 0.0859. The number of nitrogens with zero attached hydrogens (tertiary/aromatic N) is 1. The third-order valence-corrected chi connectivity index (χ3v) is 2.50. The topological polar surface area (TPSA) is 66.5 Å². The van der Waals surface area contributed by atoms with E-state index >= 15 is 0 Å². The Morgan fingerprint density at radius 3 is 2.69 bits per heavy atom. The second-order valence-electron chi connectivity index (χ2n) is 3.59. The second kappa shape index (κ2) is 3.77. The highest BCUT2D eigenvalue weighted by atomic mass is 16.2. The van der Waals surface area contributed by atoms with Gasteiger partial charge in [-0.2, -0.15) is 0 Å². The maximum absolute atomic E-state index is 11.7. The molecule has 1 heterocycles. The maximum Gasteiger partial charge on any atom is 0.257 e. The van der Waals surface area contributed by atoms with Crippen molar-refractivity contribution in [2.45, 2.75) is 5.92 Å². The van der Waals surface area contributed by atoms with Crippen molar-refractivity contribution in [2.75, 3.05) is 7.05 Å². The fourth-order valence-corrected chi connectivity index (χ4v) is 1.70. The van der Waals surface area contributed by atoms with Gasteiger partial charge in [-0.15, -0.1) is 0 Å². The minimum atomic E-state index is -0.843. The number of rotatable bonds is 2. The number of aldehydes is 1. The summed E-state index contributed by atoms with van der Waals surface area (Å²) < 4.78 is 0. The quantitative estimate of drug-likeness (QED) is 0.565. The standard InChI is InChI=1S/C11H10N2O3/c1-13-11(16)9(10(15)12-13)8-4-2-3-7(5-8)6-14/h2-6,9H,1H3,(H,12,15). The zero-order valence-electron chi connectivity index (χ0n) is 8.64. The van der Waals surface area contributed by atoms with Crippen LogP contribution in [0.1, 0.15) is 21.8 Å². The Balaban J connectivity index is 2.40. The normalized spacial score (nSPS) is 19.8. The lowest BCUT2D eigenvalue weighted by Crippen LogP contribution is -2.31. The minimum Gasteiger partial charge on any atom is -0.298 e. The van der Waals surface area contributed by atoms with Crippen molar-refractivity contribution >= 4 is 18.1 Å². The lowest BCUT2D eigenvalue weighted by Gasteiger charge is -2.07. The van der Waals surface area contributed by atoms with Crippen molar-refractivity contribution in [2.24, 2.45) is 0 Å². The van der Waals surface area contributed by atoms with E-state index in [4.69, 9.17) is 0 Å². The van der Waals surface area contributed by atoms with Crippen molar-refractivity contribution in [3.63, 3.8) is 0 Å². The molecule has 1 aromatic rings. The SMILES string of the molecule is CN1NC(=O)C(c2cccc(C=O)c2)C1=O. The van der Waals surface area contributed by atoms with E-state index < -0.39 is 5.92 Å². The summed E-state index contributed by atoms with van der Waals surface area (Å²) in [5.74, 6) is -1.52. The molecule has 1 aliphatic rings. The van der Waals surface area contributed by atoms with Crippen LogP contribution in [-0.2, 0) is 9.59 Å². The van der Waals surface area contributed by atoms with Crippen molar-refractivity contribution in [1.29, 1.82) is 0 Å². The van der Waals surface area contributed by atoms with Gasteiger partial charge in [-0.25, -0.2) is 0 Å². The zero-order valence-corrected chi connectivity index (χ0v) is 8.64. The average molecular weight is 218 g/mol. The van der Waals surface area contributed by atoms with Gasteiger partial charge in [0.1, 0.15) is 12.2 Å². The van der Waals surface area contributed by atoms with Crippen LogP contribution >= 0.6 is 0 Å². The molecule has 0 aromatic heterocycles. The third-order valence-electron chi connectivity index (χ3n) is 2.50. The third kappa shape index (κ3) is 1.56. The van der Waals surface area contributed by atoms with E-state index in [1.54, 1.807) is 24.3 Å². The number of benzene rings is 1. The summed E-state index contributed by atoms with van der Waals surface area (Å²) in [6.07, 6.45) is 0.685. The summed E-state index contributed by atoms with van der Waals surface area (Å²) in [5.41, 5.74) is 3.40. The molecule has 16 heavy (non-hydrogen) atoms. The lowest BCUT2D eigenvalue weighted by atomic mass is 9.97. The molecule has 1 N–H and O–H groups in total. The highest BCUT2D eigenvalue weighted by molar-refractivity contribution is 6.10. The van der Waals surface area contributed by atoms with Gasteiger partial charge in [-0.05, 0) is 11.6 Å². The number of carbonyl (C=O) groups excluding carboxylic acids is 3. The molecule has 0 aliphatic carbocycles. The molecule has 2 amide bonds. The lowest BCUT2D eigenvalue weighted by molar-refractivity contribution is -0.129. The molecule has 0 spiro atoms. The Hall–Kier alpha value is -2.17. The molecule has 1 atom stereocenters. The van der Waals surface area contributed by atoms with E-state index in [9.17, 15) is 14.4 Å². The average Bonchev–Trinajstić information content (AvgIpc) is 2.53. The highest BCUT2D eigenvalue weighted by Crippen LogP contribution is 2.22. The van der Waals surface area contributed by atoms with Crippen LogP contribution in [-0.4, -0.2) is 30.2 Å². The van der Waals surface area contributed by atoms with Crippen LogP contribution in [0.3, 0.4) is 0 Å². The molecule has 82 valence electrons. The molecule has 1 aromatic carbocycles. The summed E-state index contributed by atoms with van der Waals surface area (Å²) >= 11 is 0. The van der Waals surface area contributed by atoms with E-state index in [2.05, 4.69) is 5.43 Å². The first-order valence-electron chi connectivity index (χ1n) is 4.76. The fourth-order valence-electron chi connectivity index (χ4n) is 1.70. The van der Waals surface area contributed by atoms with Gasteiger partial charge in [0, 0.05) is 12.6 Å².